The highest BCUT2D eigenvalue weighted by atomic mass is 32.2. The number of hydrazine groups is 1. The Hall–Kier alpha value is -1.76. The quantitative estimate of drug-likeness (QED) is 0.483. The number of rotatable bonds is 8. The summed E-state index contributed by atoms with van der Waals surface area (Å²) in [5.74, 6) is 0.267. The molecule has 3 saturated heterocycles. The van der Waals surface area contributed by atoms with E-state index < -0.39 is 35.6 Å². The van der Waals surface area contributed by atoms with Gasteiger partial charge in [0.15, 0.2) is 0 Å². The number of hydrogen-bond donors (Lipinski definition) is 3. The van der Waals surface area contributed by atoms with E-state index in [9.17, 15) is 13.2 Å². The molecule has 190 valence electrons. The molecule has 4 unspecified atom stereocenters. The van der Waals surface area contributed by atoms with E-state index in [1.807, 2.05) is 18.9 Å². The van der Waals surface area contributed by atoms with Crippen molar-refractivity contribution >= 4 is 15.9 Å². The maximum atomic E-state index is 13.6. The highest BCUT2D eigenvalue weighted by Crippen LogP contribution is 2.32. The lowest BCUT2D eigenvalue weighted by molar-refractivity contribution is -0.134. The van der Waals surface area contributed by atoms with Gasteiger partial charge in [0.05, 0.1) is 17.7 Å². The summed E-state index contributed by atoms with van der Waals surface area (Å²) < 4.78 is 72.7. The average molecular weight is 500 g/mol. The molecular weight excluding hydrogens is 456 g/mol. The maximum absolute atomic E-state index is 13.6. The third kappa shape index (κ3) is 4.82. The van der Waals surface area contributed by atoms with E-state index in [4.69, 9.17) is 11.6 Å². The SMILES string of the molecule is [2H]C([2H])([2H])C([2H])([2H])N1CCN(S(=O)(=O)c2ccc(OCC)c(C3NC(=O)C4C(C)NC(CCC)N4N3)c2)CC1. The first-order valence-electron chi connectivity index (χ1n) is 14.3. The van der Waals surface area contributed by atoms with Crippen LogP contribution in [-0.2, 0) is 14.8 Å². The van der Waals surface area contributed by atoms with E-state index in [-0.39, 0.29) is 49.2 Å². The number of nitrogens with one attached hydrogen (secondary N) is 3. The van der Waals surface area contributed by atoms with E-state index >= 15 is 0 Å². The van der Waals surface area contributed by atoms with E-state index in [1.54, 1.807) is 6.07 Å². The zero-order valence-corrected chi connectivity index (χ0v) is 20.7. The highest BCUT2D eigenvalue weighted by Gasteiger charge is 2.47. The summed E-state index contributed by atoms with van der Waals surface area (Å²) in [4.78, 5) is 14.3. The second-order valence-corrected chi connectivity index (χ2v) is 10.8. The first-order valence-corrected chi connectivity index (χ1v) is 13.3. The first-order chi connectivity index (χ1) is 18.2. The fourth-order valence-electron chi connectivity index (χ4n) is 4.87. The molecule has 0 spiro atoms. The molecule has 3 fully saturated rings. The Morgan fingerprint density at radius 2 is 2.00 bits per heavy atom. The Morgan fingerprint density at radius 3 is 2.68 bits per heavy atom. The zero-order chi connectivity index (χ0) is 28.8. The number of hydrogen-bond acceptors (Lipinski definition) is 8. The number of carbonyl (C=O) groups is 1. The van der Waals surface area contributed by atoms with Gasteiger partial charge in [-0.15, -0.1) is 0 Å². The summed E-state index contributed by atoms with van der Waals surface area (Å²) >= 11 is 0. The normalized spacial score (nSPS) is 32.1. The summed E-state index contributed by atoms with van der Waals surface area (Å²) in [6.07, 6.45) is 0.964. The number of benzene rings is 1. The molecule has 4 rings (SSSR count). The van der Waals surface area contributed by atoms with Crippen molar-refractivity contribution in [3.05, 3.63) is 23.8 Å². The second kappa shape index (κ2) is 10.5. The number of amides is 1. The molecule has 1 amide bonds. The Bertz CT molecular complexity index is 1160. The highest BCUT2D eigenvalue weighted by molar-refractivity contribution is 7.89. The number of ether oxygens (including phenoxy) is 1. The summed E-state index contributed by atoms with van der Waals surface area (Å²) in [5, 5.41) is 8.32. The molecule has 0 bridgehead atoms. The number of sulfonamides is 1. The number of nitrogens with zero attached hydrogens (tertiary/aromatic N) is 3. The molecule has 3 aliphatic rings. The monoisotopic (exact) mass is 499 g/mol. The molecule has 3 heterocycles. The predicted octanol–water partition coefficient (Wildman–Crippen LogP) is 0.833. The zero-order valence-electron chi connectivity index (χ0n) is 24.9. The van der Waals surface area contributed by atoms with Gasteiger partial charge in [-0.2, -0.15) is 4.31 Å². The van der Waals surface area contributed by atoms with Gasteiger partial charge < -0.3 is 15.0 Å². The Balaban J connectivity index is 1.59. The molecule has 4 atom stereocenters. The smallest absolute Gasteiger partial charge is 0.243 e. The largest absolute Gasteiger partial charge is 0.493 e. The van der Waals surface area contributed by atoms with Gasteiger partial charge in [0.2, 0.25) is 15.9 Å². The van der Waals surface area contributed by atoms with Crippen LogP contribution in [0, 0.1) is 0 Å². The first kappa shape index (κ1) is 19.4. The molecule has 11 heteroatoms. The molecule has 1 aromatic rings. The van der Waals surface area contributed by atoms with Gasteiger partial charge in [-0.3, -0.25) is 10.1 Å². The van der Waals surface area contributed by atoms with Gasteiger partial charge in [-0.1, -0.05) is 20.2 Å². The Kier molecular flexibility index (Phi) is 5.98. The molecule has 3 aliphatic heterocycles. The van der Waals surface area contributed by atoms with E-state index in [0.29, 0.717) is 17.9 Å². The number of likely N-dealkylation sites (N-methyl/N-ethyl adjacent to an activating group) is 1. The third-order valence-electron chi connectivity index (χ3n) is 6.59. The van der Waals surface area contributed by atoms with Crippen LogP contribution in [0.15, 0.2) is 23.1 Å². The fraction of sp³-hybridized carbons (Fsp3) is 0.696. The summed E-state index contributed by atoms with van der Waals surface area (Å²) in [5.41, 5.74) is 3.84. The third-order valence-corrected chi connectivity index (χ3v) is 8.48. The van der Waals surface area contributed by atoms with Gasteiger partial charge in [-0.25, -0.2) is 18.9 Å². The second-order valence-electron chi connectivity index (χ2n) is 8.82. The van der Waals surface area contributed by atoms with E-state index in [2.05, 4.69) is 23.0 Å². The Morgan fingerprint density at radius 1 is 1.24 bits per heavy atom. The molecule has 3 N–H and O–H groups in total. The van der Waals surface area contributed by atoms with Crippen LogP contribution in [0.25, 0.3) is 0 Å². The fourth-order valence-corrected chi connectivity index (χ4v) is 6.33. The number of carbonyl (C=O) groups excluding carboxylic acids is 1. The van der Waals surface area contributed by atoms with E-state index in [1.165, 1.54) is 16.4 Å². The molecule has 0 saturated carbocycles. The van der Waals surface area contributed by atoms with Crippen LogP contribution < -0.4 is 20.8 Å². The van der Waals surface area contributed by atoms with Gasteiger partial charge in [0, 0.05) is 44.6 Å². The molecule has 10 nitrogen and oxygen atoms in total. The standard InChI is InChI=1S/C23H38N6O4S/c1-5-8-20-24-16(4)21-23(30)25-22(26-29(20)21)18-15-17(9-10-19(18)33-7-3)34(31,32)28-13-11-27(6-2)12-14-28/h9-10,15-16,20-22,24,26H,5-8,11-14H2,1-4H3,(H,25,30)/i2D3,6D2. The molecule has 0 radical (unpaired) electrons. The molecule has 34 heavy (non-hydrogen) atoms. The van der Waals surface area contributed by atoms with Crippen molar-refractivity contribution in [2.75, 3.05) is 39.3 Å². The minimum atomic E-state index is -4.00. The van der Waals surface area contributed by atoms with Gasteiger partial charge in [0.1, 0.15) is 18.0 Å². The van der Waals surface area contributed by atoms with Crippen LogP contribution in [0.3, 0.4) is 0 Å². The minimum absolute atomic E-state index is 0.00410. The lowest BCUT2D eigenvalue weighted by atomic mass is 10.1. The molecule has 0 aromatic heterocycles. The lowest BCUT2D eigenvalue weighted by Gasteiger charge is -2.39. The van der Waals surface area contributed by atoms with Crippen molar-refractivity contribution in [2.45, 2.75) is 69.8 Å². The summed E-state index contributed by atoms with van der Waals surface area (Å²) in [7, 11) is -4.00. The van der Waals surface area contributed by atoms with Crippen molar-refractivity contribution < 1.29 is 24.8 Å². The van der Waals surface area contributed by atoms with Gasteiger partial charge in [-0.05, 0) is 45.0 Å². The van der Waals surface area contributed by atoms with Crippen LogP contribution >= 0.6 is 0 Å². The summed E-state index contributed by atoms with van der Waals surface area (Å²) in [6, 6.07) is 4.04. The molecular formula is C23H38N6O4S. The van der Waals surface area contributed by atoms with Crippen LogP contribution in [0.1, 0.15) is 59.0 Å². The van der Waals surface area contributed by atoms with Gasteiger partial charge in [0.25, 0.3) is 0 Å². The van der Waals surface area contributed by atoms with Crippen molar-refractivity contribution in [2.24, 2.45) is 0 Å². The molecule has 0 aliphatic carbocycles. The van der Waals surface area contributed by atoms with Crippen LogP contribution in [0.2, 0.25) is 0 Å². The van der Waals surface area contributed by atoms with Crippen molar-refractivity contribution in [3.8, 4) is 5.75 Å². The minimum Gasteiger partial charge on any atom is -0.493 e. The Labute approximate surface area is 210 Å². The van der Waals surface area contributed by atoms with Crippen molar-refractivity contribution in [3.63, 3.8) is 0 Å². The van der Waals surface area contributed by atoms with E-state index in [0.717, 1.165) is 17.7 Å². The van der Waals surface area contributed by atoms with Crippen molar-refractivity contribution in [1.29, 1.82) is 0 Å². The molecule has 1 aromatic carbocycles. The lowest BCUT2D eigenvalue weighted by Crippen LogP contribution is -2.64. The van der Waals surface area contributed by atoms with Gasteiger partial charge >= 0.3 is 0 Å². The average Bonchev–Trinajstić information content (AvgIpc) is 3.19. The number of piperazine rings is 1. The predicted molar refractivity (Wildman–Crippen MR) is 129 cm³/mol. The van der Waals surface area contributed by atoms with Crippen LogP contribution in [-0.4, -0.2) is 86.1 Å². The van der Waals surface area contributed by atoms with Crippen LogP contribution in [0.5, 0.6) is 5.75 Å². The number of fused-ring (bicyclic) bond motifs is 1. The van der Waals surface area contributed by atoms with Crippen LogP contribution in [0.4, 0.5) is 0 Å². The van der Waals surface area contributed by atoms with Crippen molar-refractivity contribution in [1.82, 2.24) is 30.3 Å². The maximum Gasteiger partial charge on any atom is 0.243 e. The summed E-state index contributed by atoms with van der Waals surface area (Å²) in [6.45, 7) is 0.533. The topological polar surface area (TPSA) is 106 Å².